The van der Waals surface area contributed by atoms with Gasteiger partial charge < -0.3 is 0 Å². The van der Waals surface area contributed by atoms with Crippen LogP contribution in [0.2, 0.25) is 0 Å². The van der Waals surface area contributed by atoms with Crippen LogP contribution in [0, 0.1) is 6.92 Å². The van der Waals surface area contributed by atoms with Gasteiger partial charge in [-0.15, -0.1) is 16.8 Å². The normalized spacial score (nSPS) is 11.1. The standard InChI is InChI=1S/C13H14N4O3S2/c1-3-7-14-22(19,20)11-6-4-5-10(8-11)12(18)15-13-17-16-9(2)21-13/h3-6,8,14H,1,7H2,2H3,(H,15,17,18). The van der Waals surface area contributed by atoms with Crippen molar-refractivity contribution in [3.05, 3.63) is 47.5 Å². The van der Waals surface area contributed by atoms with Crippen molar-refractivity contribution < 1.29 is 13.2 Å². The number of aryl methyl sites for hydroxylation is 1. The Kier molecular flexibility index (Phi) is 5.01. The van der Waals surface area contributed by atoms with Gasteiger partial charge in [-0.3, -0.25) is 10.1 Å². The minimum Gasteiger partial charge on any atom is -0.296 e. The van der Waals surface area contributed by atoms with Crippen molar-refractivity contribution in [2.75, 3.05) is 11.9 Å². The highest BCUT2D eigenvalue weighted by Crippen LogP contribution is 2.16. The molecule has 1 aromatic carbocycles. The van der Waals surface area contributed by atoms with Crippen molar-refractivity contribution in [3.8, 4) is 0 Å². The third-order valence-corrected chi connectivity index (χ3v) is 4.75. The summed E-state index contributed by atoms with van der Waals surface area (Å²) in [7, 11) is -3.67. The van der Waals surface area contributed by atoms with Crippen LogP contribution >= 0.6 is 11.3 Å². The van der Waals surface area contributed by atoms with Gasteiger partial charge in [-0.25, -0.2) is 13.1 Å². The maximum absolute atomic E-state index is 12.1. The number of amides is 1. The number of benzene rings is 1. The molecule has 1 heterocycles. The number of carbonyl (C=O) groups is 1. The number of nitrogens with zero attached hydrogens (tertiary/aromatic N) is 2. The second-order valence-corrected chi connectivity index (χ2v) is 7.20. The zero-order chi connectivity index (χ0) is 16.2. The summed E-state index contributed by atoms with van der Waals surface area (Å²) < 4.78 is 26.4. The van der Waals surface area contributed by atoms with Gasteiger partial charge in [0.05, 0.1) is 4.90 Å². The van der Waals surface area contributed by atoms with E-state index in [-0.39, 0.29) is 17.0 Å². The van der Waals surface area contributed by atoms with Gasteiger partial charge in [-0.1, -0.05) is 23.5 Å². The summed E-state index contributed by atoms with van der Waals surface area (Å²) >= 11 is 1.24. The van der Waals surface area contributed by atoms with Crippen LogP contribution in [-0.2, 0) is 10.0 Å². The maximum Gasteiger partial charge on any atom is 0.257 e. The van der Waals surface area contributed by atoms with E-state index in [1.54, 1.807) is 6.92 Å². The molecule has 0 aliphatic rings. The molecule has 2 aromatic rings. The Balaban J connectivity index is 2.20. The molecule has 9 heteroatoms. The molecule has 116 valence electrons. The molecule has 0 aliphatic heterocycles. The average molecular weight is 338 g/mol. The topological polar surface area (TPSA) is 101 Å². The SMILES string of the molecule is C=CCNS(=O)(=O)c1cccc(C(=O)Nc2nnc(C)s2)c1. The predicted molar refractivity (Wildman–Crippen MR) is 84.4 cm³/mol. The number of anilines is 1. The minimum absolute atomic E-state index is 0.00967. The van der Waals surface area contributed by atoms with Crippen LogP contribution in [0.25, 0.3) is 0 Å². The molecule has 0 fully saturated rings. The van der Waals surface area contributed by atoms with E-state index in [0.29, 0.717) is 5.13 Å². The number of hydrogen-bond donors (Lipinski definition) is 2. The minimum atomic E-state index is -3.67. The maximum atomic E-state index is 12.1. The van der Waals surface area contributed by atoms with Gasteiger partial charge in [0.15, 0.2) is 0 Å². The van der Waals surface area contributed by atoms with Crippen molar-refractivity contribution in [2.24, 2.45) is 0 Å². The summed E-state index contributed by atoms with van der Waals surface area (Å²) in [6.45, 7) is 5.33. The van der Waals surface area contributed by atoms with Crippen LogP contribution in [0.1, 0.15) is 15.4 Å². The zero-order valence-corrected chi connectivity index (χ0v) is 13.4. The summed E-state index contributed by atoms with van der Waals surface area (Å²) in [6, 6.07) is 5.74. The molecule has 2 N–H and O–H groups in total. The molecular weight excluding hydrogens is 324 g/mol. The fraction of sp³-hybridized carbons (Fsp3) is 0.154. The molecule has 1 amide bonds. The monoisotopic (exact) mass is 338 g/mol. The highest BCUT2D eigenvalue weighted by molar-refractivity contribution is 7.89. The van der Waals surface area contributed by atoms with Gasteiger partial charge in [0.2, 0.25) is 15.2 Å². The number of hydrogen-bond acceptors (Lipinski definition) is 6. The molecule has 1 aromatic heterocycles. The lowest BCUT2D eigenvalue weighted by atomic mass is 10.2. The largest absolute Gasteiger partial charge is 0.296 e. The quantitative estimate of drug-likeness (QED) is 0.779. The lowest BCUT2D eigenvalue weighted by Crippen LogP contribution is -2.24. The van der Waals surface area contributed by atoms with Gasteiger partial charge in [-0.05, 0) is 25.1 Å². The van der Waals surface area contributed by atoms with Gasteiger partial charge in [0.1, 0.15) is 5.01 Å². The second-order valence-electron chi connectivity index (χ2n) is 4.25. The summed E-state index contributed by atoms with van der Waals surface area (Å²) in [5.41, 5.74) is 0.217. The summed E-state index contributed by atoms with van der Waals surface area (Å²) in [6.07, 6.45) is 1.44. The molecule has 0 radical (unpaired) electrons. The average Bonchev–Trinajstić information content (AvgIpc) is 2.90. The molecule has 2 rings (SSSR count). The molecule has 0 aliphatic carbocycles. The first kappa shape index (κ1) is 16.3. The number of nitrogens with one attached hydrogen (secondary N) is 2. The van der Waals surface area contributed by atoms with Gasteiger partial charge in [0, 0.05) is 12.1 Å². The Bertz CT molecular complexity index is 799. The van der Waals surface area contributed by atoms with Crippen LogP contribution in [0.15, 0.2) is 41.8 Å². The van der Waals surface area contributed by atoms with Crippen LogP contribution in [0.3, 0.4) is 0 Å². The van der Waals surface area contributed by atoms with E-state index >= 15 is 0 Å². The summed E-state index contributed by atoms with van der Waals surface area (Å²) in [5.74, 6) is -0.447. The molecule has 0 unspecified atom stereocenters. The van der Waals surface area contributed by atoms with Crippen LogP contribution < -0.4 is 10.0 Å². The molecule has 0 saturated heterocycles. The van der Waals surface area contributed by atoms with Crippen molar-refractivity contribution >= 4 is 32.4 Å². The Morgan fingerprint density at radius 1 is 1.41 bits per heavy atom. The number of rotatable bonds is 6. The van der Waals surface area contributed by atoms with Crippen molar-refractivity contribution in [1.82, 2.24) is 14.9 Å². The van der Waals surface area contributed by atoms with Crippen molar-refractivity contribution in [3.63, 3.8) is 0 Å². The number of sulfonamides is 1. The highest BCUT2D eigenvalue weighted by Gasteiger charge is 2.16. The van der Waals surface area contributed by atoms with E-state index in [4.69, 9.17) is 0 Å². The third-order valence-electron chi connectivity index (χ3n) is 2.57. The van der Waals surface area contributed by atoms with Gasteiger partial charge in [0.25, 0.3) is 5.91 Å². The Morgan fingerprint density at radius 3 is 2.82 bits per heavy atom. The summed E-state index contributed by atoms with van der Waals surface area (Å²) in [4.78, 5) is 12.1. The molecule has 0 bridgehead atoms. The molecule has 0 spiro atoms. The van der Waals surface area contributed by atoms with Crippen LogP contribution in [-0.4, -0.2) is 31.1 Å². The van der Waals surface area contributed by atoms with Gasteiger partial charge >= 0.3 is 0 Å². The fourth-order valence-corrected chi connectivity index (χ4v) is 3.20. The Labute approximate surface area is 132 Å². The molecular formula is C13H14N4O3S2. The first-order valence-electron chi connectivity index (χ1n) is 6.24. The van der Waals surface area contributed by atoms with E-state index in [1.807, 2.05) is 0 Å². The third kappa shape index (κ3) is 3.97. The smallest absolute Gasteiger partial charge is 0.257 e. The predicted octanol–water partition coefficient (Wildman–Crippen LogP) is 1.56. The first-order valence-corrected chi connectivity index (χ1v) is 8.54. The Morgan fingerprint density at radius 2 is 2.18 bits per heavy atom. The molecule has 22 heavy (non-hydrogen) atoms. The number of aromatic nitrogens is 2. The summed E-state index contributed by atoms with van der Waals surface area (Å²) in [5, 5.41) is 11.2. The van der Waals surface area contributed by atoms with E-state index in [0.717, 1.165) is 5.01 Å². The molecule has 0 atom stereocenters. The lowest BCUT2D eigenvalue weighted by molar-refractivity contribution is 0.102. The second kappa shape index (κ2) is 6.77. The van der Waals surface area contributed by atoms with Crippen molar-refractivity contribution in [1.29, 1.82) is 0 Å². The van der Waals surface area contributed by atoms with Crippen molar-refractivity contribution in [2.45, 2.75) is 11.8 Å². The highest BCUT2D eigenvalue weighted by atomic mass is 32.2. The van der Waals surface area contributed by atoms with E-state index in [2.05, 4.69) is 26.8 Å². The zero-order valence-electron chi connectivity index (χ0n) is 11.7. The first-order chi connectivity index (χ1) is 10.4. The van der Waals surface area contributed by atoms with E-state index < -0.39 is 15.9 Å². The van der Waals surface area contributed by atoms with E-state index in [1.165, 1.54) is 41.7 Å². The van der Waals surface area contributed by atoms with Crippen LogP contribution in [0.5, 0.6) is 0 Å². The lowest BCUT2D eigenvalue weighted by Gasteiger charge is -2.06. The molecule has 7 nitrogen and oxygen atoms in total. The van der Waals surface area contributed by atoms with Crippen LogP contribution in [0.4, 0.5) is 5.13 Å². The Hall–Kier alpha value is -2.10. The fourth-order valence-electron chi connectivity index (χ4n) is 1.57. The molecule has 0 saturated carbocycles. The van der Waals surface area contributed by atoms with Gasteiger partial charge in [-0.2, -0.15) is 0 Å². The number of carbonyl (C=O) groups excluding carboxylic acids is 1. The van der Waals surface area contributed by atoms with E-state index in [9.17, 15) is 13.2 Å².